The van der Waals surface area contributed by atoms with Gasteiger partial charge in [-0.2, -0.15) is 10.4 Å². The van der Waals surface area contributed by atoms with Crippen LogP contribution in [0.3, 0.4) is 0 Å². The molecule has 16 heavy (non-hydrogen) atoms. The van der Waals surface area contributed by atoms with Gasteiger partial charge in [0.25, 0.3) is 0 Å². The van der Waals surface area contributed by atoms with Crippen LogP contribution in [-0.4, -0.2) is 9.78 Å². The third-order valence-electron chi connectivity index (χ3n) is 2.37. The summed E-state index contributed by atoms with van der Waals surface area (Å²) in [7, 11) is 0. The number of nitrogens with zero attached hydrogens (tertiary/aromatic N) is 3. The first-order valence-electron chi connectivity index (χ1n) is 5.09. The summed E-state index contributed by atoms with van der Waals surface area (Å²) in [6, 6.07) is 11.2. The standard InChI is InChI=1S/C12H12N4/c1-2-10-7-12(14)16(15-10)11-5-3-4-9(6-11)8-13/h3-7H,2,14H2,1H3. The fraction of sp³-hybridized carbons (Fsp3) is 0.167. The van der Waals surface area contributed by atoms with Crippen molar-refractivity contribution in [3.63, 3.8) is 0 Å². The Labute approximate surface area is 93.9 Å². The second-order valence-electron chi connectivity index (χ2n) is 3.49. The van der Waals surface area contributed by atoms with Crippen molar-refractivity contribution in [2.24, 2.45) is 0 Å². The lowest BCUT2D eigenvalue weighted by Gasteiger charge is -2.03. The van der Waals surface area contributed by atoms with Crippen LogP contribution in [0, 0.1) is 11.3 Å². The van der Waals surface area contributed by atoms with Gasteiger partial charge in [0.05, 0.1) is 23.0 Å². The summed E-state index contributed by atoms with van der Waals surface area (Å²) < 4.78 is 1.65. The van der Waals surface area contributed by atoms with E-state index in [1.807, 2.05) is 25.1 Å². The molecular weight excluding hydrogens is 200 g/mol. The highest BCUT2D eigenvalue weighted by Gasteiger charge is 2.05. The molecule has 80 valence electrons. The van der Waals surface area contributed by atoms with Crippen molar-refractivity contribution in [3.05, 3.63) is 41.6 Å². The Morgan fingerprint density at radius 2 is 2.25 bits per heavy atom. The Balaban J connectivity index is 2.50. The van der Waals surface area contributed by atoms with Crippen molar-refractivity contribution < 1.29 is 0 Å². The van der Waals surface area contributed by atoms with Crippen LogP contribution in [0.2, 0.25) is 0 Å². The molecule has 1 aromatic heterocycles. The summed E-state index contributed by atoms with van der Waals surface area (Å²) in [5.74, 6) is 0.590. The maximum absolute atomic E-state index is 8.82. The Bertz CT molecular complexity index is 548. The highest BCUT2D eigenvalue weighted by atomic mass is 15.3. The number of nitriles is 1. The molecule has 0 saturated heterocycles. The molecule has 2 N–H and O–H groups in total. The molecule has 0 unspecified atom stereocenters. The number of rotatable bonds is 2. The van der Waals surface area contributed by atoms with Gasteiger partial charge in [-0.1, -0.05) is 13.0 Å². The SMILES string of the molecule is CCc1cc(N)n(-c2cccc(C#N)c2)n1. The fourth-order valence-corrected chi connectivity index (χ4v) is 1.53. The van der Waals surface area contributed by atoms with E-state index in [1.165, 1.54) is 0 Å². The highest BCUT2D eigenvalue weighted by Crippen LogP contribution is 2.15. The molecule has 0 saturated carbocycles. The molecule has 0 radical (unpaired) electrons. The van der Waals surface area contributed by atoms with E-state index in [0.29, 0.717) is 11.4 Å². The van der Waals surface area contributed by atoms with Crippen molar-refractivity contribution in [3.8, 4) is 11.8 Å². The van der Waals surface area contributed by atoms with Gasteiger partial charge >= 0.3 is 0 Å². The number of nitrogen functional groups attached to an aromatic ring is 1. The van der Waals surface area contributed by atoms with Crippen LogP contribution in [0.5, 0.6) is 0 Å². The fourth-order valence-electron chi connectivity index (χ4n) is 1.53. The molecule has 0 spiro atoms. The summed E-state index contributed by atoms with van der Waals surface area (Å²) in [6.45, 7) is 2.03. The maximum atomic E-state index is 8.82. The lowest BCUT2D eigenvalue weighted by Crippen LogP contribution is -2.02. The molecule has 0 aliphatic heterocycles. The number of hydrogen-bond acceptors (Lipinski definition) is 3. The van der Waals surface area contributed by atoms with Crippen molar-refractivity contribution in [1.29, 1.82) is 5.26 Å². The lowest BCUT2D eigenvalue weighted by atomic mass is 10.2. The predicted octanol–water partition coefficient (Wildman–Crippen LogP) is 1.89. The Morgan fingerprint density at radius 3 is 2.88 bits per heavy atom. The largest absolute Gasteiger partial charge is 0.384 e. The smallest absolute Gasteiger partial charge is 0.127 e. The topological polar surface area (TPSA) is 67.6 Å². The zero-order valence-electron chi connectivity index (χ0n) is 9.01. The number of aromatic nitrogens is 2. The number of aryl methyl sites for hydroxylation is 1. The van der Waals surface area contributed by atoms with E-state index in [2.05, 4.69) is 11.2 Å². The van der Waals surface area contributed by atoms with Crippen LogP contribution in [0.15, 0.2) is 30.3 Å². The Morgan fingerprint density at radius 1 is 1.44 bits per heavy atom. The van der Waals surface area contributed by atoms with Crippen molar-refractivity contribution >= 4 is 5.82 Å². The third kappa shape index (κ3) is 1.75. The average Bonchev–Trinajstić information content (AvgIpc) is 2.71. The molecule has 1 heterocycles. The number of nitrogens with two attached hydrogens (primary N) is 1. The molecule has 0 amide bonds. The van der Waals surface area contributed by atoms with Gasteiger partial charge in [0, 0.05) is 6.07 Å². The van der Waals surface area contributed by atoms with E-state index in [1.54, 1.807) is 16.8 Å². The van der Waals surface area contributed by atoms with E-state index in [4.69, 9.17) is 11.0 Å². The lowest BCUT2D eigenvalue weighted by molar-refractivity contribution is 0.849. The summed E-state index contributed by atoms with van der Waals surface area (Å²) >= 11 is 0. The number of hydrogen-bond donors (Lipinski definition) is 1. The van der Waals surface area contributed by atoms with Gasteiger partial charge in [-0.25, -0.2) is 4.68 Å². The van der Waals surface area contributed by atoms with Gasteiger partial charge in [0.1, 0.15) is 5.82 Å². The molecule has 0 atom stereocenters. The van der Waals surface area contributed by atoms with Gasteiger partial charge in [-0.3, -0.25) is 0 Å². The first kappa shape index (κ1) is 10.2. The van der Waals surface area contributed by atoms with Gasteiger partial charge in [0.15, 0.2) is 0 Å². The molecule has 2 aromatic rings. The Hall–Kier alpha value is -2.28. The number of benzene rings is 1. The second-order valence-corrected chi connectivity index (χ2v) is 3.49. The zero-order chi connectivity index (χ0) is 11.5. The Kier molecular flexibility index (Phi) is 2.61. The van der Waals surface area contributed by atoms with Gasteiger partial charge < -0.3 is 5.73 Å². The summed E-state index contributed by atoms with van der Waals surface area (Å²) in [4.78, 5) is 0. The molecule has 4 nitrogen and oxygen atoms in total. The molecular formula is C12H12N4. The maximum Gasteiger partial charge on any atom is 0.127 e. The van der Waals surface area contributed by atoms with E-state index in [0.717, 1.165) is 17.8 Å². The first-order chi connectivity index (χ1) is 7.74. The molecule has 0 bridgehead atoms. The molecule has 1 aromatic carbocycles. The second kappa shape index (κ2) is 4.07. The number of anilines is 1. The summed E-state index contributed by atoms with van der Waals surface area (Å²) in [6.07, 6.45) is 0.842. The highest BCUT2D eigenvalue weighted by molar-refractivity contribution is 5.46. The van der Waals surface area contributed by atoms with Crippen LogP contribution in [0.1, 0.15) is 18.2 Å². The van der Waals surface area contributed by atoms with Gasteiger partial charge in [0.2, 0.25) is 0 Å². The summed E-state index contributed by atoms with van der Waals surface area (Å²) in [5, 5.41) is 13.2. The van der Waals surface area contributed by atoms with Crippen LogP contribution >= 0.6 is 0 Å². The minimum atomic E-state index is 0.590. The minimum Gasteiger partial charge on any atom is -0.384 e. The molecule has 0 aliphatic carbocycles. The van der Waals surface area contributed by atoms with Crippen LogP contribution in [0.4, 0.5) is 5.82 Å². The quantitative estimate of drug-likeness (QED) is 0.826. The van der Waals surface area contributed by atoms with E-state index >= 15 is 0 Å². The van der Waals surface area contributed by atoms with Crippen LogP contribution in [0.25, 0.3) is 5.69 Å². The van der Waals surface area contributed by atoms with Gasteiger partial charge in [-0.15, -0.1) is 0 Å². The molecule has 2 rings (SSSR count). The minimum absolute atomic E-state index is 0.590. The monoisotopic (exact) mass is 212 g/mol. The van der Waals surface area contributed by atoms with E-state index in [-0.39, 0.29) is 0 Å². The average molecular weight is 212 g/mol. The predicted molar refractivity (Wildman–Crippen MR) is 62.1 cm³/mol. The molecule has 4 heteroatoms. The van der Waals surface area contributed by atoms with Crippen LogP contribution in [-0.2, 0) is 6.42 Å². The van der Waals surface area contributed by atoms with Crippen molar-refractivity contribution in [1.82, 2.24) is 9.78 Å². The first-order valence-corrected chi connectivity index (χ1v) is 5.09. The van der Waals surface area contributed by atoms with E-state index in [9.17, 15) is 0 Å². The third-order valence-corrected chi connectivity index (χ3v) is 2.37. The van der Waals surface area contributed by atoms with Crippen molar-refractivity contribution in [2.45, 2.75) is 13.3 Å². The summed E-state index contributed by atoms with van der Waals surface area (Å²) in [5.41, 5.74) is 8.22. The van der Waals surface area contributed by atoms with E-state index < -0.39 is 0 Å². The van der Waals surface area contributed by atoms with Gasteiger partial charge in [-0.05, 0) is 24.6 Å². The normalized spacial score (nSPS) is 10.0. The van der Waals surface area contributed by atoms with Crippen LogP contribution < -0.4 is 5.73 Å². The molecule has 0 aliphatic rings. The zero-order valence-corrected chi connectivity index (χ0v) is 9.01. The van der Waals surface area contributed by atoms with Crippen molar-refractivity contribution in [2.75, 3.05) is 5.73 Å². The molecule has 0 fully saturated rings.